The molecule has 0 saturated carbocycles. The number of thioether (sulfide) groups is 1. The minimum absolute atomic E-state index is 0.00514. The monoisotopic (exact) mass is 199 g/mol. The van der Waals surface area contributed by atoms with Crippen LogP contribution in [0, 0.1) is 0 Å². The van der Waals surface area contributed by atoms with Crippen molar-refractivity contribution >= 4 is 23.5 Å². The molecule has 0 fully saturated rings. The number of amides is 1. The van der Waals surface area contributed by atoms with Crippen LogP contribution in [0.5, 0.6) is 0 Å². The van der Waals surface area contributed by atoms with Crippen LogP contribution >= 0.6 is 11.8 Å². The fourth-order valence-corrected chi connectivity index (χ4v) is 1.31. The number of nitrogens with zero attached hydrogens (tertiary/aromatic N) is 2. The quantitative estimate of drug-likeness (QED) is 0.790. The highest BCUT2D eigenvalue weighted by molar-refractivity contribution is 7.99. The lowest BCUT2D eigenvalue weighted by Gasteiger charge is -1.99. The van der Waals surface area contributed by atoms with Crippen molar-refractivity contribution < 1.29 is 4.79 Å². The Morgan fingerprint density at radius 2 is 2.54 bits per heavy atom. The topological polar surface area (TPSA) is 46.9 Å². The largest absolute Gasteiger partial charge is 0.338 e. The van der Waals surface area contributed by atoms with E-state index in [2.05, 4.69) is 10.3 Å². The highest BCUT2D eigenvalue weighted by atomic mass is 32.2. The maximum Gasteiger partial charge on any atom is 0.235 e. The van der Waals surface area contributed by atoms with Crippen molar-refractivity contribution in [3.63, 3.8) is 0 Å². The van der Waals surface area contributed by atoms with Gasteiger partial charge >= 0.3 is 0 Å². The molecule has 0 atom stereocenters. The zero-order valence-corrected chi connectivity index (χ0v) is 8.60. The summed E-state index contributed by atoms with van der Waals surface area (Å²) in [4.78, 5) is 15.2. The first-order chi connectivity index (χ1) is 6.22. The molecule has 5 heteroatoms. The summed E-state index contributed by atoms with van der Waals surface area (Å²) >= 11 is 1.60. The molecule has 1 amide bonds. The van der Waals surface area contributed by atoms with Gasteiger partial charge in [0, 0.05) is 13.2 Å². The lowest BCUT2D eigenvalue weighted by molar-refractivity contribution is -0.113. The van der Waals surface area contributed by atoms with Gasteiger partial charge in [0.15, 0.2) is 5.82 Å². The molecule has 72 valence electrons. The maximum atomic E-state index is 11.2. The lowest BCUT2D eigenvalue weighted by atomic mass is 10.6. The summed E-state index contributed by atoms with van der Waals surface area (Å²) in [6.07, 6.45) is 3.43. The second-order valence-corrected chi connectivity index (χ2v) is 3.88. The number of hydrogen-bond donors (Lipinski definition) is 1. The first-order valence-electron chi connectivity index (χ1n) is 4.08. The van der Waals surface area contributed by atoms with Crippen LogP contribution in [0.3, 0.4) is 0 Å². The van der Waals surface area contributed by atoms with Gasteiger partial charge in [-0.25, -0.2) is 4.98 Å². The Morgan fingerprint density at radius 1 is 1.77 bits per heavy atom. The van der Waals surface area contributed by atoms with E-state index in [0.29, 0.717) is 11.6 Å². The number of aromatic nitrogens is 2. The second kappa shape index (κ2) is 4.91. The van der Waals surface area contributed by atoms with Crippen molar-refractivity contribution in [3.05, 3.63) is 12.5 Å². The number of imidazole rings is 1. The van der Waals surface area contributed by atoms with E-state index in [9.17, 15) is 4.79 Å². The smallest absolute Gasteiger partial charge is 0.235 e. The first-order valence-corrected chi connectivity index (χ1v) is 5.23. The maximum absolute atomic E-state index is 11.2. The Hall–Kier alpha value is -0.970. The zero-order chi connectivity index (χ0) is 9.68. The van der Waals surface area contributed by atoms with Gasteiger partial charge in [-0.15, -0.1) is 0 Å². The summed E-state index contributed by atoms with van der Waals surface area (Å²) in [5.74, 6) is 2.07. The molecule has 0 aliphatic heterocycles. The van der Waals surface area contributed by atoms with Gasteiger partial charge in [-0.2, -0.15) is 11.8 Å². The van der Waals surface area contributed by atoms with E-state index in [1.54, 1.807) is 28.9 Å². The van der Waals surface area contributed by atoms with Gasteiger partial charge in [-0.1, -0.05) is 6.92 Å². The van der Waals surface area contributed by atoms with Gasteiger partial charge in [-0.3, -0.25) is 4.79 Å². The molecule has 1 N–H and O–H groups in total. The van der Waals surface area contributed by atoms with E-state index in [1.165, 1.54) is 0 Å². The van der Waals surface area contributed by atoms with Crippen LogP contribution in [-0.2, 0) is 11.8 Å². The molecule has 0 saturated heterocycles. The standard InChI is InChI=1S/C8H13N3OS/c1-3-13-5-8(12)10-7-4-11(2)6-9-7/h4,6H,3,5H2,1-2H3,(H,10,12). The zero-order valence-electron chi connectivity index (χ0n) is 7.78. The average molecular weight is 199 g/mol. The van der Waals surface area contributed by atoms with Crippen LogP contribution in [-0.4, -0.2) is 27.0 Å². The van der Waals surface area contributed by atoms with Crippen LogP contribution in [0.1, 0.15) is 6.92 Å². The second-order valence-electron chi connectivity index (χ2n) is 2.61. The average Bonchev–Trinajstić information content (AvgIpc) is 2.48. The third-order valence-electron chi connectivity index (χ3n) is 1.41. The summed E-state index contributed by atoms with van der Waals surface area (Å²) in [6, 6.07) is 0. The molecule has 0 aromatic carbocycles. The van der Waals surface area contributed by atoms with E-state index in [4.69, 9.17) is 0 Å². The van der Waals surface area contributed by atoms with Crippen molar-refractivity contribution in [2.24, 2.45) is 7.05 Å². The van der Waals surface area contributed by atoms with Crippen LogP contribution in [0.2, 0.25) is 0 Å². The molecule has 1 aromatic rings. The predicted octanol–water partition coefficient (Wildman–Crippen LogP) is 1.11. The summed E-state index contributed by atoms with van der Waals surface area (Å²) in [5.41, 5.74) is 0. The van der Waals surface area contributed by atoms with Crippen molar-refractivity contribution in [1.29, 1.82) is 0 Å². The summed E-state index contributed by atoms with van der Waals surface area (Å²) in [5, 5.41) is 2.71. The fraction of sp³-hybridized carbons (Fsp3) is 0.500. The first kappa shape index (κ1) is 10.1. The molecular weight excluding hydrogens is 186 g/mol. The molecule has 0 aliphatic carbocycles. The summed E-state index contributed by atoms with van der Waals surface area (Å²) in [7, 11) is 1.86. The number of rotatable bonds is 4. The summed E-state index contributed by atoms with van der Waals surface area (Å²) in [6.45, 7) is 2.03. The van der Waals surface area contributed by atoms with E-state index in [0.717, 1.165) is 5.75 Å². The Morgan fingerprint density at radius 3 is 3.08 bits per heavy atom. The number of aryl methyl sites for hydroxylation is 1. The van der Waals surface area contributed by atoms with Crippen LogP contribution in [0.15, 0.2) is 12.5 Å². The van der Waals surface area contributed by atoms with Crippen LogP contribution in [0.25, 0.3) is 0 Å². The van der Waals surface area contributed by atoms with Gasteiger partial charge in [-0.05, 0) is 5.75 Å². The van der Waals surface area contributed by atoms with Gasteiger partial charge < -0.3 is 9.88 Å². The van der Waals surface area contributed by atoms with Gasteiger partial charge in [0.05, 0.1) is 12.1 Å². The minimum atomic E-state index is 0.00514. The fourth-order valence-electron chi connectivity index (χ4n) is 0.851. The predicted molar refractivity (Wildman–Crippen MR) is 54.8 cm³/mol. The number of hydrogen-bond acceptors (Lipinski definition) is 3. The molecular formula is C8H13N3OS. The highest BCUT2D eigenvalue weighted by Crippen LogP contribution is 2.03. The van der Waals surface area contributed by atoms with Gasteiger partial charge in [0.2, 0.25) is 5.91 Å². The van der Waals surface area contributed by atoms with Crippen molar-refractivity contribution in [1.82, 2.24) is 9.55 Å². The SMILES string of the molecule is CCSCC(=O)Nc1cn(C)cn1. The Balaban J connectivity index is 2.36. The van der Waals surface area contributed by atoms with E-state index in [1.807, 2.05) is 14.0 Å². The molecule has 0 bridgehead atoms. The molecule has 13 heavy (non-hydrogen) atoms. The molecule has 1 heterocycles. The Kier molecular flexibility index (Phi) is 3.82. The van der Waals surface area contributed by atoms with E-state index in [-0.39, 0.29) is 5.91 Å². The molecule has 1 aromatic heterocycles. The van der Waals surface area contributed by atoms with Crippen molar-refractivity contribution in [2.45, 2.75) is 6.92 Å². The third-order valence-corrected chi connectivity index (χ3v) is 2.28. The Bertz CT molecular complexity index is 285. The van der Waals surface area contributed by atoms with Gasteiger partial charge in [0.1, 0.15) is 0 Å². The molecule has 0 aliphatic rings. The molecule has 0 unspecified atom stereocenters. The Labute approximate surface area is 81.7 Å². The van der Waals surface area contributed by atoms with Crippen LogP contribution in [0.4, 0.5) is 5.82 Å². The molecule has 4 nitrogen and oxygen atoms in total. The summed E-state index contributed by atoms with van der Waals surface area (Å²) < 4.78 is 1.79. The lowest BCUT2D eigenvalue weighted by Crippen LogP contribution is -2.14. The number of carbonyl (C=O) groups is 1. The van der Waals surface area contributed by atoms with Crippen molar-refractivity contribution in [3.8, 4) is 0 Å². The third kappa shape index (κ3) is 3.50. The number of anilines is 1. The van der Waals surface area contributed by atoms with E-state index < -0.39 is 0 Å². The normalized spacial score (nSPS) is 10.0. The van der Waals surface area contributed by atoms with Gasteiger partial charge in [0.25, 0.3) is 0 Å². The molecule has 1 rings (SSSR count). The highest BCUT2D eigenvalue weighted by Gasteiger charge is 2.02. The number of nitrogens with one attached hydrogen (secondary N) is 1. The molecule has 0 radical (unpaired) electrons. The van der Waals surface area contributed by atoms with E-state index >= 15 is 0 Å². The van der Waals surface area contributed by atoms with Crippen molar-refractivity contribution in [2.75, 3.05) is 16.8 Å². The molecule has 0 spiro atoms. The van der Waals surface area contributed by atoms with Crippen LogP contribution < -0.4 is 5.32 Å². The minimum Gasteiger partial charge on any atom is -0.338 e. The number of carbonyl (C=O) groups excluding carboxylic acids is 1.